The molecule has 0 aromatic heterocycles. The van der Waals surface area contributed by atoms with Crippen molar-refractivity contribution in [3.05, 3.63) is 11.9 Å². The van der Waals surface area contributed by atoms with Crippen molar-refractivity contribution in [2.45, 2.75) is 31.2 Å². The molecular formula is C13H20F2N4O. The Bertz CT molecular complexity index is 440. The van der Waals surface area contributed by atoms with Gasteiger partial charge in [0.15, 0.2) is 0 Å². The van der Waals surface area contributed by atoms with Crippen LogP contribution in [0.4, 0.5) is 8.78 Å². The second-order valence-corrected chi connectivity index (χ2v) is 5.81. The number of hydrazine groups is 1. The summed E-state index contributed by atoms with van der Waals surface area (Å²) in [5.41, 5.74) is 3.30. The number of rotatable bonds is 2. The molecule has 7 heteroatoms. The zero-order valence-corrected chi connectivity index (χ0v) is 11.6. The summed E-state index contributed by atoms with van der Waals surface area (Å²) in [6.07, 6.45) is 3.27. The Morgan fingerprint density at radius 3 is 2.95 bits per heavy atom. The maximum Gasteiger partial charge on any atom is 0.261 e. The van der Waals surface area contributed by atoms with E-state index >= 15 is 0 Å². The second kappa shape index (κ2) is 4.96. The molecular weight excluding hydrogens is 266 g/mol. The molecule has 0 aromatic carbocycles. The Hall–Kier alpha value is -1.21. The van der Waals surface area contributed by atoms with E-state index in [1.54, 1.807) is 16.8 Å². The van der Waals surface area contributed by atoms with E-state index in [4.69, 9.17) is 0 Å². The summed E-state index contributed by atoms with van der Waals surface area (Å²) >= 11 is 0. The van der Waals surface area contributed by atoms with Gasteiger partial charge in [0, 0.05) is 39.5 Å². The molecule has 5 nitrogen and oxygen atoms in total. The molecule has 0 spiro atoms. The molecule has 0 aromatic rings. The van der Waals surface area contributed by atoms with Crippen molar-refractivity contribution in [2.24, 2.45) is 0 Å². The van der Waals surface area contributed by atoms with E-state index in [1.165, 1.54) is 0 Å². The first-order chi connectivity index (χ1) is 9.44. The number of likely N-dealkylation sites (tertiary alicyclic amines) is 1. The van der Waals surface area contributed by atoms with Crippen LogP contribution in [0.25, 0.3) is 0 Å². The second-order valence-electron chi connectivity index (χ2n) is 5.81. The minimum Gasteiger partial charge on any atom is -0.301 e. The van der Waals surface area contributed by atoms with Crippen molar-refractivity contribution >= 4 is 5.91 Å². The molecule has 3 aliphatic heterocycles. The number of alkyl halides is 2. The van der Waals surface area contributed by atoms with Crippen LogP contribution in [0.5, 0.6) is 0 Å². The van der Waals surface area contributed by atoms with Gasteiger partial charge in [-0.3, -0.25) is 14.7 Å². The monoisotopic (exact) mass is 286 g/mol. The van der Waals surface area contributed by atoms with Crippen LogP contribution in [-0.4, -0.2) is 65.9 Å². The zero-order chi connectivity index (χ0) is 14.3. The number of hydrogen-bond donors (Lipinski definition) is 1. The van der Waals surface area contributed by atoms with E-state index in [1.807, 2.05) is 11.1 Å². The molecule has 20 heavy (non-hydrogen) atoms. The van der Waals surface area contributed by atoms with Crippen LogP contribution in [0.1, 0.15) is 19.3 Å². The lowest BCUT2D eigenvalue weighted by Gasteiger charge is -2.26. The third-order valence-corrected chi connectivity index (χ3v) is 4.14. The average molecular weight is 286 g/mol. The van der Waals surface area contributed by atoms with Gasteiger partial charge in [0.2, 0.25) is 5.91 Å². The van der Waals surface area contributed by atoms with Crippen LogP contribution < -0.4 is 5.43 Å². The maximum absolute atomic E-state index is 13.2. The van der Waals surface area contributed by atoms with Gasteiger partial charge in [0.25, 0.3) is 5.92 Å². The van der Waals surface area contributed by atoms with Crippen LogP contribution >= 0.6 is 0 Å². The third-order valence-electron chi connectivity index (χ3n) is 4.14. The highest BCUT2D eigenvalue weighted by Gasteiger charge is 2.39. The molecule has 112 valence electrons. The fourth-order valence-electron chi connectivity index (χ4n) is 3.06. The van der Waals surface area contributed by atoms with Crippen LogP contribution in [-0.2, 0) is 4.79 Å². The van der Waals surface area contributed by atoms with Crippen LogP contribution in [0.15, 0.2) is 11.9 Å². The number of amides is 1. The van der Waals surface area contributed by atoms with E-state index in [0.717, 1.165) is 18.8 Å². The maximum atomic E-state index is 13.2. The van der Waals surface area contributed by atoms with Gasteiger partial charge in [0.1, 0.15) is 5.82 Å². The van der Waals surface area contributed by atoms with Gasteiger partial charge in [-0.25, -0.2) is 14.2 Å². The first-order valence-corrected chi connectivity index (χ1v) is 7.07. The van der Waals surface area contributed by atoms with Gasteiger partial charge in [0.05, 0.1) is 12.6 Å². The van der Waals surface area contributed by atoms with E-state index in [9.17, 15) is 13.6 Å². The first kappa shape index (κ1) is 13.8. The predicted octanol–water partition coefficient (Wildman–Crippen LogP) is 0.610. The third kappa shape index (κ3) is 2.64. The summed E-state index contributed by atoms with van der Waals surface area (Å²) < 4.78 is 26.4. The van der Waals surface area contributed by atoms with Crippen molar-refractivity contribution < 1.29 is 13.6 Å². The van der Waals surface area contributed by atoms with Gasteiger partial charge < -0.3 is 4.90 Å². The minimum absolute atomic E-state index is 0.00718. The molecule has 1 N–H and O–H groups in total. The number of carbonyl (C=O) groups excluding carboxylic acids is 1. The number of nitrogens with one attached hydrogen (secondary N) is 1. The summed E-state index contributed by atoms with van der Waals surface area (Å²) in [7, 11) is 1.76. The molecule has 0 bridgehead atoms. The zero-order valence-electron chi connectivity index (χ0n) is 11.6. The molecule has 0 radical (unpaired) electrons. The van der Waals surface area contributed by atoms with E-state index in [2.05, 4.69) is 5.43 Å². The first-order valence-electron chi connectivity index (χ1n) is 7.07. The predicted molar refractivity (Wildman–Crippen MR) is 69.7 cm³/mol. The molecule has 2 fully saturated rings. The van der Waals surface area contributed by atoms with E-state index < -0.39 is 5.92 Å². The fourth-order valence-corrected chi connectivity index (χ4v) is 3.06. The number of carbonyl (C=O) groups is 1. The lowest BCUT2D eigenvalue weighted by atomic mass is 10.2. The largest absolute Gasteiger partial charge is 0.301 e. The molecule has 2 saturated heterocycles. The molecule has 3 rings (SSSR count). The summed E-state index contributed by atoms with van der Waals surface area (Å²) in [5.74, 6) is -1.60. The Morgan fingerprint density at radius 2 is 2.25 bits per heavy atom. The SMILES string of the molecule is CN1C(=O)CCCN2NC(CN3CCC(F)(F)C3)C=C21. The molecule has 1 atom stereocenters. The smallest absolute Gasteiger partial charge is 0.261 e. The molecule has 0 saturated carbocycles. The molecule has 1 amide bonds. The van der Waals surface area contributed by atoms with E-state index in [0.29, 0.717) is 19.5 Å². The standard InChI is InChI=1S/C13H20F2N4O/c1-17-11-7-10(8-18-6-4-13(14,15)9-18)16-19(11)5-2-3-12(17)20/h7,10,16H,2-6,8-9H2,1H3. The lowest BCUT2D eigenvalue weighted by molar-refractivity contribution is -0.128. The highest BCUT2D eigenvalue weighted by molar-refractivity contribution is 5.78. The minimum atomic E-state index is -2.55. The van der Waals surface area contributed by atoms with Crippen molar-refractivity contribution in [2.75, 3.05) is 33.2 Å². The van der Waals surface area contributed by atoms with Crippen molar-refractivity contribution in [3.8, 4) is 0 Å². The average Bonchev–Trinajstić information content (AvgIpc) is 2.89. The van der Waals surface area contributed by atoms with Gasteiger partial charge in [-0.15, -0.1) is 0 Å². The summed E-state index contributed by atoms with van der Waals surface area (Å²) in [6.45, 7) is 1.60. The number of halogens is 2. The Morgan fingerprint density at radius 1 is 1.45 bits per heavy atom. The van der Waals surface area contributed by atoms with Crippen LogP contribution in [0, 0.1) is 0 Å². The van der Waals surface area contributed by atoms with Crippen molar-refractivity contribution in [3.63, 3.8) is 0 Å². The highest BCUT2D eigenvalue weighted by atomic mass is 19.3. The van der Waals surface area contributed by atoms with Crippen LogP contribution in [0.3, 0.4) is 0 Å². The lowest BCUT2D eigenvalue weighted by Crippen LogP contribution is -2.44. The van der Waals surface area contributed by atoms with Crippen molar-refractivity contribution in [1.29, 1.82) is 0 Å². The Balaban J connectivity index is 1.65. The number of fused-ring (bicyclic) bond motifs is 1. The highest BCUT2D eigenvalue weighted by Crippen LogP contribution is 2.28. The van der Waals surface area contributed by atoms with Crippen molar-refractivity contribution in [1.82, 2.24) is 20.2 Å². The fraction of sp³-hybridized carbons (Fsp3) is 0.769. The Labute approximate surface area is 117 Å². The molecule has 3 aliphatic rings. The van der Waals surface area contributed by atoms with Crippen LogP contribution in [0.2, 0.25) is 0 Å². The number of nitrogens with zero attached hydrogens (tertiary/aromatic N) is 3. The van der Waals surface area contributed by atoms with E-state index in [-0.39, 0.29) is 24.9 Å². The Kier molecular flexibility index (Phi) is 3.41. The van der Waals surface area contributed by atoms with Gasteiger partial charge >= 0.3 is 0 Å². The molecule has 0 aliphatic carbocycles. The molecule has 1 unspecified atom stereocenters. The normalized spacial score (nSPS) is 30.4. The summed E-state index contributed by atoms with van der Waals surface area (Å²) in [4.78, 5) is 15.2. The summed E-state index contributed by atoms with van der Waals surface area (Å²) in [5, 5.41) is 1.96. The summed E-state index contributed by atoms with van der Waals surface area (Å²) in [6, 6.07) is -0.00718. The quantitative estimate of drug-likeness (QED) is 0.807. The topological polar surface area (TPSA) is 38.8 Å². The van der Waals surface area contributed by atoms with Gasteiger partial charge in [-0.2, -0.15) is 0 Å². The molecule has 3 heterocycles. The number of hydrogen-bond acceptors (Lipinski definition) is 4. The van der Waals surface area contributed by atoms with Gasteiger partial charge in [-0.1, -0.05) is 0 Å². The van der Waals surface area contributed by atoms with Gasteiger partial charge in [-0.05, 0) is 12.5 Å².